The molecule has 2 N–H and O–H groups in total. The van der Waals surface area contributed by atoms with E-state index in [2.05, 4.69) is 5.32 Å². The van der Waals surface area contributed by atoms with Gasteiger partial charge in [-0.05, 0) is 39.9 Å². The topological polar surface area (TPSA) is 75.6 Å². The number of carbonyl (C=O) groups is 2. The van der Waals surface area contributed by atoms with E-state index in [1.165, 1.54) is 12.1 Å². The van der Waals surface area contributed by atoms with Crippen molar-refractivity contribution in [3.63, 3.8) is 0 Å². The normalized spacial score (nSPS) is 13.2. The van der Waals surface area contributed by atoms with Crippen LogP contribution >= 0.6 is 11.6 Å². The molecule has 3 aromatic rings. The molecule has 1 atom stereocenters. The summed E-state index contributed by atoms with van der Waals surface area (Å²) < 4.78 is 19.4. The number of aliphatic carboxylic acids is 1. The minimum Gasteiger partial charge on any atom is -0.480 e. The predicted octanol–water partition coefficient (Wildman–Crippen LogP) is 5.01. The number of fused-ring (bicyclic) bond motifs is 3. The Kier molecular flexibility index (Phi) is 5.91. The van der Waals surface area contributed by atoms with Crippen molar-refractivity contribution in [1.29, 1.82) is 0 Å². The lowest BCUT2D eigenvalue weighted by molar-refractivity contribution is -0.139. The van der Waals surface area contributed by atoms with Gasteiger partial charge in [0.15, 0.2) is 0 Å². The molecule has 0 saturated carbocycles. The highest BCUT2D eigenvalue weighted by Gasteiger charge is 2.30. The Bertz CT molecular complexity index is 1100. The van der Waals surface area contributed by atoms with Crippen LogP contribution in [0.2, 0.25) is 5.02 Å². The van der Waals surface area contributed by atoms with Crippen molar-refractivity contribution in [3.8, 4) is 11.1 Å². The van der Waals surface area contributed by atoms with Crippen LogP contribution in [0.3, 0.4) is 0 Å². The Labute approximate surface area is 183 Å². The SMILES string of the molecule is O=C(NC(Cc1ccc(Cl)cc1F)C(=O)O)OCC1c2ccccc2-c2ccccc21. The molecule has 0 aliphatic heterocycles. The Balaban J connectivity index is 1.44. The van der Waals surface area contributed by atoms with Gasteiger partial charge in [-0.1, -0.05) is 66.2 Å². The van der Waals surface area contributed by atoms with E-state index in [-0.39, 0.29) is 29.5 Å². The van der Waals surface area contributed by atoms with Gasteiger partial charge in [0.25, 0.3) is 0 Å². The van der Waals surface area contributed by atoms with Gasteiger partial charge in [0.05, 0.1) is 0 Å². The van der Waals surface area contributed by atoms with E-state index in [0.717, 1.165) is 28.3 Å². The molecule has 0 aromatic heterocycles. The van der Waals surface area contributed by atoms with E-state index in [1.54, 1.807) is 0 Å². The maximum Gasteiger partial charge on any atom is 0.407 e. The maximum atomic E-state index is 14.0. The monoisotopic (exact) mass is 439 g/mol. The number of hydrogen-bond donors (Lipinski definition) is 2. The first-order chi connectivity index (χ1) is 14.9. The quantitative estimate of drug-likeness (QED) is 0.566. The molecular formula is C24H19ClFNO4. The Morgan fingerprint density at radius 2 is 1.65 bits per heavy atom. The number of halogens is 2. The van der Waals surface area contributed by atoms with Gasteiger partial charge in [-0.25, -0.2) is 14.0 Å². The third kappa shape index (κ3) is 4.39. The molecule has 1 amide bonds. The zero-order valence-corrected chi connectivity index (χ0v) is 17.1. The molecule has 31 heavy (non-hydrogen) atoms. The minimum absolute atomic E-state index is 0.0570. The summed E-state index contributed by atoms with van der Waals surface area (Å²) in [7, 11) is 0. The highest BCUT2D eigenvalue weighted by atomic mass is 35.5. The number of carboxylic acids is 1. The molecule has 0 saturated heterocycles. The lowest BCUT2D eigenvalue weighted by Gasteiger charge is -2.18. The molecule has 0 heterocycles. The number of alkyl carbamates (subject to hydrolysis) is 1. The van der Waals surface area contributed by atoms with E-state index < -0.39 is 23.9 Å². The van der Waals surface area contributed by atoms with Crippen LogP contribution in [0.25, 0.3) is 11.1 Å². The second-order valence-corrected chi connectivity index (χ2v) is 7.74. The average Bonchev–Trinajstić information content (AvgIpc) is 3.07. The van der Waals surface area contributed by atoms with E-state index in [1.807, 2.05) is 48.5 Å². The molecule has 1 aliphatic carbocycles. The Hall–Kier alpha value is -3.38. The van der Waals surface area contributed by atoms with E-state index in [0.29, 0.717) is 0 Å². The van der Waals surface area contributed by atoms with Gasteiger partial charge in [-0.2, -0.15) is 0 Å². The summed E-state index contributed by atoms with van der Waals surface area (Å²) in [5.74, 6) is -2.06. The zero-order valence-electron chi connectivity index (χ0n) is 16.3. The average molecular weight is 440 g/mol. The number of carbonyl (C=O) groups excluding carboxylic acids is 1. The summed E-state index contributed by atoms with van der Waals surface area (Å²) in [6, 6.07) is 18.4. The van der Waals surface area contributed by atoms with Crippen molar-refractivity contribution >= 4 is 23.7 Å². The van der Waals surface area contributed by atoms with Gasteiger partial charge in [0.1, 0.15) is 18.5 Å². The van der Waals surface area contributed by atoms with Crippen molar-refractivity contribution in [2.75, 3.05) is 6.61 Å². The summed E-state index contributed by atoms with van der Waals surface area (Å²) >= 11 is 5.73. The van der Waals surface area contributed by atoms with E-state index >= 15 is 0 Å². The first-order valence-corrected chi connectivity index (χ1v) is 10.1. The summed E-state index contributed by atoms with van der Waals surface area (Å²) in [6.45, 7) is 0.0570. The van der Waals surface area contributed by atoms with Crippen LogP contribution in [-0.2, 0) is 16.0 Å². The number of hydrogen-bond acceptors (Lipinski definition) is 3. The molecule has 7 heteroatoms. The summed E-state index contributed by atoms with van der Waals surface area (Å²) in [5.41, 5.74) is 4.42. The van der Waals surface area contributed by atoms with Gasteiger partial charge >= 0.3 is 12.1 Å². The number of ether oxygens (including phenoxy) is 1. The van der Waals surface area contributed by atoms with Crippen LogP contribution in [0, 0.1) is 5.82 Å². The molecule has 0 spiro atoms. The van der Waals surface area contributed by atoms with Crippen LogP contribution in [0.1, 0.15) is 22.6 Å². The minimum atomic E-state index is -1.34. The number of amides is 1. The molecule has 3 aromatic carbocycles. The Morgan fingerprint density at radius 1 is 1.03 bits per heavy atom. The van der Waals surface area contributed by atoms with Crippen molar-refractivity contribution in [1.82, 2.24) is 5.32 Å². The second kappa shape index (κ2) is 8.78. The van der Waals surface area contributed by atoms with Crippen molar-refractivity contribution in [3.05, 3.63) is 94.3 Å². The maximum absolute atomic E-state index is 14.0. The second-order valence-electron chi connectivity index (χ2n) is 7.30. The van der Waals surface area contributed by atoms with Crippen molar-refractivity contribution in [2.45, 2.75) is 18.4 Å². The largest absolute Gasteiger partial charge is 0.480 e. The number of nitrogens with one attached hydrogen (secondary N) is 1. The fourth-order valence-corrected chi connectivity index (χ4v) is 4.05. The molecule has 4 rings (SSSR count). The number of benzene rings is 3. The smallest absolute Gasteiger partial charge is 0.407 e. The highest BCUT2D eigenvalue weighted by molar-refractivity contribution is 6.30. The van der Waals surface area contributed by atoms with E-state index in [9.17, 15) is 19.1 Å². The molecule has 1 aliphatic rings. The standard InChI is InChI=1S/C24H19ClFNO4/c25-15-10-9-14(21(26)12-15)11-22(23(28)29)27-24(30)31-13-20-18-7-3-1-5-16(18)17-6-2-4-8-19(17)20/h1-10,12,20,22H,11,13H2,(H,27,30)(H,28,29). The third-order valence-corrected chi connectivity index (χ3v) is 5.61. The lowest BCUT2D eigenvalue weighted by atomic mass is 9.98. The van der Waals surface area contributed by atoms with Gasteiger partial charge in [0.2, 0.25) is 0 Å². The number of rotatable bonds is 6. The van der Waals surface area contributed by atoms with Crippen LogP contribution in [0.4, 0.5) is 9.18 Å². The number of carboxylic acid groups (broad SMARTS) is 1. The molecule has 1 unspecified atom stereocenters. The first-order valence-electron chi connectivity index (χ1n) is 9.72. The predicted molar refractivity (Wildman–Crippen MR) is 115 cm³/mol. The van der Waals surface area contributed by atoms with Crippen LogP contribution in [0.15, 0.2) is 66.7 Å². The van der Waals surface area contributed by atoms with Gasteiger partial charge in [-0.15, -0.1) is 0 Å². The van der Waals surface area contributed by atoms with Crippen LogP contribution < -0.4 is 5.32 Å². The van der Waals surface area contributed by atoms with Crippen LogP contribution in [-0.4, -0.2) is 29.8 Å². The van der Waals surface area contributed by atoms with Crippen LogP contribution in [0.5, 0.6) is 0 Å². The summed E-state index contributed by atoms with van der Waals surface area (Å²) in [4.78, 5) is 23.9. The molecular weight excluding hydrogens is 421 g/mol. The molecule has 158 valence electrons. The van der Waals surface area contributed by atoms with Gasteiger partial charge in [-0.3, -0.25) is 0 Å². The van der Waals surface area contributed by atoms with Gasteiger partial charge in [0, 0.05) is 17.4 Å². The fourth-order valence-electron chi connectivity index (χ4n) is 3.89. The first kappa shape index (κ1) is 20.9. The summed E-state index contributed by atoms with van der Waals surface area (Å²) in [6.07, 6.45) is -1.11. The zero-order chi connectivity index (χ0) is 22.0. The molecule has 5 nitrogen and oxygen atoms in total. The third-order valence-electron chi connectivity index (χ3n) is 5.37. The van der Waals surface area contributed by atoms with Crippen molar-refractivity contribution in [2.24, 2.45) is 0 Å². The molecule has 0 bridgehead atoms. The molecule has 0 fully saturated rings. The van der Waals surface area contributed by atoms with Gasteiger partial charge < -0.3 is 15.2 Å². The van der Waals surface area contributed by atoms with E-state index in [4.69, 9.17) is 16.3 Å². The van der Waals surface area contributed by atoms with Crippen molar-refractivity contribution < 1.29 is 23.8 Å². The molecule has 0 radical (unpaired) electrons. The lowest BCUT2D eigenvalue weighted by Crippen LogP contribution is -2.43. The summed E-state index contributed by atoms with van der Waals surface area (Å²) in [5, 5.41) is 12.0. The highest BCUT2D eigenvalue weighted by Crippen LogP contribution is 2.44. The fraction of sp³-hybridized carbons (Fsp3) is 0.167. The Morgan fingerprint density at radius 3 is 2.23 bits per heavy atom.